The van der Waals surface area contributed by atoms with Crippen molar-refractivity contribution >= 4 is 18.4 Å². The fourth-order valence-electron chi connectivity index (χ4n) is 1.38. The highest BCUT2D eigenvalue weighted by atomic mass is 35.5. The highest BCUT2D eigenvalue weighted by molar-refractivity contribution is 5.85. The maximum Gasteiger partial charge on any atom is 0.308 e. The number of hydrogen-bond acceptors (Lipinski definition) is 2. The van der Waals surface area contributed by atoms with Crippen molar-refractivity contribution in [3.63, 3.8) is 0 Å². The Kier molecular flexibility index (Phi) is 5.97. The van der Waals surface area contributed by atoms with Gasteiger partial charge in [-0.3, -0.25) is 4.79 Å². The summed E-state index contributed by atoms with van der Waals surface area (Å²) in [5, 5.41) is 8.85. The number of carboxylic acid groups (broad SMARTS) is 1. The van der Waals surface area contributed by atoms with Gasteiger partial charge in [0.15, 0.2) is 0 Å². The molecule has 1 unspecified atom stereocenters. The predicted molar refractivity (Wildman–Crippen MR) is 62.3 cm³/mol. The molecule has 15 heavy (non-hydrogen) atoms. The van der Waals surface area contributed by atoms with E-state index in [1.165, 1.54) is 0 Å². The molecule has 0 radical (unpaired) electrons. The van der Waals surface area contributed by atoms with Crippen molar-refractivity contribution in [3.05, 3.63) is 35.4 Å². The molecule has 0 aliphatic heterocycles. The van der Waals surface area contributed by atoms with E-state index < -0.39 is 11.9 Å². The largest absolute Gasteiger partial charge is 0.481 e. The Morgan fingerprint density at radius 3 is 2.53 bits per heavy atom. The molecule has 0 amide bonds. The van der Waals surface area contributed by atoms with E-state index >= 15 is 0 Å². The van der Waals surface area contributed by atoms with Crippen LogP contribution in [0.15, 0.2) is 24.3 Å². The first kappa shape index (κ1) is 13.9. The zero-order valence-corrected chi connectivity index (χ0v) is 9.46. The minimum Gasteiger partial charge on any atom is -0.481 e. The molecule has 0 aliphatic carbocycles. The van der Waals surface area contributed by atoms with Crippen molar-refractivity contribution < 1.29 is 9.90 Å². The second-order valence-corrected chi connectivity index (χ2v) is 3.40. The van der Waals surface area contributed by atoms with E-state index in [4.69, 9.17) is 10.8 Å². The van der Waals surface area contributed by atoms with Gasteiger partial charge in [-0.2, -0.15) is 0 Å². The van der Waals surface area contributed by atoms with E-state index in [0.717, 1.165) is 11.1 Å². The molecule has 0 fully saturated rings. The lowest BCUT2D eigenvalue weighted by molar-refractivity contribution is -0.141. The summed E-state index contributed by atoms with van der Waals surface area (Å²) in [6, 6.07) is 7.78. The molecule has 3 nitrogen and oxygen atoms in total. The Morgan fingerprint density at radius 2 is 2.07 bits per heavy atom. The minimum atomic E-state index is -0.823. The van der Waals surface area contributed by atoms with Crippen LogP contribution in [0.1, 0.15) is 11.1 Å². The maximum absolute atomic E-state index is 10.8. The van der Waals surface area contributed by atoms with Crippen LogP contribution < -0.4 is 5.73 Å². The molecule has 0 saturated carbocycles. The Labute approximate surface area is 95.7 Å². The van der Waals surface area contributed by atoms with E-state index in [-0.39, 0.29) is 19.0 Å². The molecule has 1 aromatic rings. The number of benzene rings is 1. The van der Waals surface area contributed by atoms with Gasteiger partial charge in [0.05, 0.1) is 5.92 Å². The van der Waals surface area contributed by atoms with Gasteiger partial charge in [-0.15, -0.1) is 12.4 Å². The zero-order valence-electron chi connectivity index (χ0n) is 8.64. The number of aryl methyl sites for hydroxylation is 1. The second kappa shape index (κ2) is 6.43. The SMILES string of the molecule is Cc1ccccc1CC(CN)C(=O)O.Cl. The van der Waals surface area contributed by atoms with Gasteiger partial charge in [0.25, 0.3) is 0 Å². The van der Waals surface area contributed by atoms with E-state index in [9.17, 15) is 4.79 Å². The average molecular weight is 230 g/mol. The highest BCUT2D eigenvalue weighted by Crippen LogP contribution is 2.12. The normalized spacial score (nSPS) is 11.6. The molecule has 0 spiro atoms. The molecule has 4 heteroatoms. The standard InChI is InChI=1S/C11H15NO2.ClH/c1-8-4-2-3-5-9(8)6-10(7-12)11(13)14;/h2-5,10H,6-7,12H2,1H3,(H,13,14);1H. The summed E-state index contributed by atoms with van der Waals surface area (Å²) in [5.41, 5.74) is 7.57. The lowest BCUT2D eigenvalue weighted by Gasteiger charge is -2.11. The predicted octanol–water partition coefficient (Wildman–Crippen LogP) is 1.62. The van der Waals surface area contributed by atoms with Crippen LogP contribution in [0.3, 0.4) is 0 Å². The van der Waals surface area contributed by atoms with Crippen LogP contribution in [0.4, 0.5) is 0 Å². The van der Waals surface area contributed by atoms with Crippen molar-refractivity contribution in [2.24, 2.45) is 11.7 Å². The zero-order chi connectivity index (χ0) is 10.6. The van der Waals surface area contributed by atoms with Crippen LogP contribution >= 0.6 is 12.4 Å². The molecule has 0 saturated heterocycles. The third-order valence-electron chi connectivity index (χ3n) is 2.36. The summed E-state index contributed by atoms with van der Waals surface area (Å²) >= 11 is 0. The van der Waals surface area contributed by atoms with Crippen molar-refractivity contribution in [2.45, 2.75) is 13.3 Å². The third-order valence-corrected chi connectivity index (χ3v) is 2.36. The first-order chi connectivity index (χ1) is 6.65. The number of hydrogen-bond donors (Lipinski definition) is 2. The summed E-state index contributed by atoms with van der Waals surface area (Å²) in [6.45, 7) is 2.16. The van der Waals surface area contributed by atoms with Crippen molar-refractivity contribution in [2.75, 3.05) is 6.54 Å². The first-order valence-electron chi connectivity index (χ1n) is 4.62. The van der Waals surface area contributed by atoms with Crippen molar-refractivity contribution in [1.29, 1.82) is 0 Å². The molecule has 3 N–H and O–H groups in total. The quantitative estimate of drug-likeness (QED) is 0.825. The van der Waals surface area contributed by atoms with Crippen LogP contribution in [0.2, 0.25) is 0 Å². The van der Waals surface area contributed by atoms with Gasteiger partial charge in [0.2, 0.25) is 0 Å². The number of aliphatic carboxylic acids is 1. The highest BCUT2D eigenvalue weighted by Gasteiger charge is 2.16. The van der Waals surface area contributed by atoms with Crippen LogP contribution in [0.5, 0.6) is 0 Å². The lowest BCUT2D eigenvalue weighted by atomic mass is 9.96. The summed E-state index contributed by atoms with van der Waals surface area (Å²) in [7, 11) is 0. The van der Waals surface area contributed by atoms with Crippen molar-refractivity contribution in [3.8, 4) is 0 Å². The molecule has 1 atom stereocenters. The van der Waals surface area contributed by atoms with E-state index in [1.807, 2.05) is 31.2 Å². The van der Waals surface area contributed by atoms with Crippen LogP contribution in [-0.2, 0) is 11.2 Å². The molecule has 1 aromatic carbocycles. The Balaban J connectivity index is 0.00000196. The molecule has 0 aliphatic rings. The summed E-state index contributed by atoms with van der Waals surface area (Å²) < 4.78 is 0. The van der Waals surface area contributed by atoms with Gasteiger partial charge in [-0.05, 0) is 24.5 Å². The minimum absolute atomic E-state index is 0. The molecular formula is C11H16ClNO2. The molecule has 0 heterocycles. The first-order valence-corrected chi connectivity index (χ1v) is 4.62. The van der Waals surface area contributed by atoms with Crippen LogP contribution in [0.25, 0.3) is 0 Å². The lowest BCUT2D eigenvalue weighted by Crippen LogP contribution is -2.25. The van der Waals surface area contributed by atoms with Gasteiger partial charge in [0, 0.05) is 6.54 Å². The monoisotopic (exact) mass is 229 g/mol. The van der Waals surface area contributed by atoms with Gasteiger partial charge in [-0.25, -0.2) is 0 Å². The van der Waals surface area contributed by atoms with Gasteiger partial charge >= 0.3 is 5.97 Å². The Morgan fingerprint density at radius 1 is 1.47 bits per heavy atom. The number of carbonyl (C=O) groups is 1. The number of carboxylic acids is 1. The third kappa shape index (κ3) is 3.90. The fourth-order valence-corrected chi connectivity index (χ4v) is 1.38. The van der Waals surface area contributed by atoms with E-state index in [1.54, 1.807) is 0 Å². The maximum atomic E-state index is 10.8. The molecule has 0 aromatic heterocycles. The Hall–Kier alpha value is -1.06. The van der Waals surface area contributed by atoms with Crippen LogP contribution in [-0.4, -0.2) is 17.6 Å². The van der Waals surface area contributed by atoms with Gasteiger partial charge in [-0.1, -0.05) is 24.3 Å². The molecular weight excluding hydrogens is 214 g/mol. The van der Waals surface area contributed by atoms with Crippen molar-refractivity contribution in [1.82, 2.24) is 0 Å². The average Bonchev–Trinajstić information content (AvgIpc) is 2.16. The molecule has 1 rings (SSSR count). The Bertz CT molecular complexity index is 328. The van der Waals surface area contributed by atoms with E-state index in [0.29, 0.717) is 6.42 Å². The topological polar surface area (TPSA) is 63.3 Å². The summed E-state index contributed by atoms with van der Waals surface area (Å²) in [4.78, 5) is 10.8. The molecule has 84 valence electrons. The summed E-state index contributed by atoms with van der Waals surface area (Å²) in [6.07, 6.45) is 0.512. The van der Waals surface area contributed by atoms with Gasteiger partial charge < -0.3 is 10.8 Å². The van der Waals surface area contributed by atoms with Crippen LogP contribution in [0, 0.1) is 12.8 Å². The number of halogens is 1. The second-order valence-electron chi connectivity index (χ2n) is 3.40. The fraction of sp³-hybridized carbons (Fsp3) is 0.364. The number of rotatable bonds is 4. The van der Waals surface area contributed by atoms with Gasteiger partial charge in [0.1, 0.15) is 0 Å². The number of nitrogens with two attached hydrogens (primary N) is 1. The smallest absolute Gasteiger partial charge is 0.308 e. The molecule has 0 bridgehead atoms. The van der Waals surface area contributed by atoms with E-state index in [2.05, 4.69) is 0 Å². The summed E-state index contributed by atoms with van der Waals surface area (Å²) in [5.74, 6) is -1.30.